The number of hydrogen-bond donors (Lipinski definition) is 2. The molecule has 4 aliphatic carbocycles. The Labute approximate surface area is 182 Å². The summed E-state index contributed by atoms with van der Waals surface area (Å²) in [5, 5.41) is 12.6. The minimum atomic E-state index is -0.364. The fourth-order valence-corrected chi connectivity index (χ4v) is 6.67. The van der Waals surface area contributed by atoms with Gasteiger partial charge in [-0.2, -0.15) is 5.26 Å². The third-order valence-corrected chi connectivity index (χ3v) is 7.97. The van der Waals surface area contributed by atoms with Crippen LogP contribution in [-0.2, 0) is 9.53 Å². The highest BCUT2D eigenvalue weighted by atomic mass is 16.6. The van der Waals surface area contributed by atoms with Gasteiger partial charge in [-0.15, -0.1) is 0 Å². The summed E-state index contributed by atoms with van der Waals surface area (Å²) in [7, 11) is 0. The summed E-state index contributed by atoms with van der Waals surface area (Å²) in [6.45, 7) is 1.22. The maximum absolute atomic E-state index is 12.9. The molecular weight excluding hydrogens is 394 g/mol. The van der Waals surface area contributed by atoms with Gasteiger partial charge < -0.3 is 20.7 Å². The molecule has 2 heterocycles. The molecule has 1 saturated heterocycles. The van der Waals surface area contributed by atoms with Gasteiger partial charge in [0, 0.05) is 25.3 Å². The van der Waals surface area contributed by atoms with E-state index in [4.69, 9.17) is 10.5 Å². The number of rotatable bonds is 4. The van der Waals surface area contributed by atoms with Crippen LogP contribution in [0.15, 0.2) is 18.3 Å². The first-order valence-electron chi connectivity index (χ1n) is 11.3. The van der Waals surface area contributed by atoms with Crippen molar-refractivity contribution in [2.45, 2.75) is 57.1 Å². The quantitative estimate of drug-likeness (QED) is 0.768. The summed E-state index contributed by atoms with van der Waals surface area (Å²) in [6.07, 6.45) is 7.45. The molecule has 0 aromatic carbocycles. The van der Waals surface area contributed by atoms with Crippen LogP contribution in [0.25, 0.3) is 0 Å². The number of nitrogens with one attached hydrogen (secondary N) is 1. The fraction of sp³-hybridized carbons (Fsp3) is 0.652. The zero-order valence-electron chi connectivity index (χ0n) is 17.6. The third-order valence-electron chi connectivity index (χ3n) is 7.97. The summed E-state index contributed by atoms with van der Waals surface area (Å²) < 4.78 is 6.04. The molecule has 164 valence electrons. The Kier molecular flexibility index (Phi) is 4.99. The SMILES string of the molecule is N#Cc1cccnc1NC1CCN(C(=O)O[C@H]2C3CC4CC2C[C@](C(N)=O)(C4)C3)CC1. The van der Waals surface area contributed by atoms with Crippen molar-refractivity contribution in [1.82, 2.24) is 9.88 Å². The number of hydrogen-bond acceptors (Lipinski definition) is 6. The lowest BCUT2D eigenvalue weighted by molar-refractivity contribution is -0.161. The van der Waals surface area contributed by atoms with E-state index in [1.807, 2.05) is 0 Å². The first-order chi connectivity index (χ1) is 15.0. The number of ether oxygens (including phenoxy) is 1. The second-order valence-electron chi connectivity index (χ2n) is 9.88. The van der Waals surface area contributed by atoms with E-state index in [-0.39, 0.29) is 41.4 Å². The van der Waals surface area contributed by atoms with E-state index in [1.165, 1.54) is 0 Å². The van der Waals surface area contributed by atoms with Crippen molar-refractivity contribution in [1.29, 1.82) is 5.26 Å². The molecule has 8 heteroatoms. The highest BCUT2D eigenvalue weighted by molar-refractivity contribution is 5.81. The summed E-state index contributed by atoms with van der Waals surface area (Å²) in [5.41, 5.74) is 5.92. The van der Waals surface area contributed by atoms with Gasteiger partial charge in [0.25, 0.3) is 0 Å². The number of nitrogens with two attached hydrogens (primary N) is 1. The van der Waals surface area contributed by atoms with Crippen LogP contribution in [-0.4, -0.2) is 47.1 Å². The van der Waals surface area contributed by atoms with Gasteiger partial charge in [0.15, 0.2) is 0 Å². The Morgan fingerprint density at radius 1 is 1.23 bits per heavy atom. The molecule has 2 atom stereocenters. The molecule has 4 bridgehead atoms. The average molecular weight is 424 g/mol. The Morgan fingerprint density at radius 2 is 1.94 bits per heavy atom. The van der Waals surface area contributed by atoms with E-state index in [0.29, 0.717) is 30.4 Å². The minimum Gasteiger partial charge on any atom is -0.446 e. The van der Waals surface area contributed by atoms with Crippen molar-refractivity contribution in [2.75, 3.05) is 18.4 Å². The lowest BCUT2D eigenvalue weighted by atomic mass is 9.48. The molecular formula is C23H29N5O3. The Hall–Kier alpha value is -2.82. The van der Waals surface area contributed by atoms with Gasteiger partial charge in [-0.05, 0) is 74.8 Å². The van der Waals surface area contributed by atoms with Crippen molar-refractivity contribution in [3.63, 3.8) is 0 Å². The van der Waals surface area contributed by atoms with Gasteiger partial charge in [0.2, 0.25) is 5.91 Å². The number of aromatic nitrogens is 1. The van der Waals surface area contributed by atoms with Crippen LogP contribution in [0.4, 0.5) is 10.6 Å². The monoisotopic (exact) mass is 423 g/mol. The van der Waals surface area contributed by atoms with Crippen LogP contribution in [0.5, 0.6) is 0 Å². The van der Waals surface area contributed by atoms with Gasteiger partial charge in [0.05, 0.1) is 11.0 Å². The second kappa shape index (κ2) is 7.70. The van der Waals surface area contributed by atoms with Crippen LogP contribution < -0.4 is 11.1 Å². The van der Waals surface area contributed by atoms with Gasteiger partial charge in [-0.25, -0.2) is 9.78 Å². The van der Waals surface area contributed by atoms with E-state index in [9.17, 15) is 14.9 Å². The second-order valence-corrected chi connectivity index (χ2v) is 9.88. The molecule has 1 aliphatic heterocycles. The Balaban J connectivity index is 1.16. The van der Waals surface area contributed by atoms with E-state index < -0.39 is 0 Å². The van der Waals surface area contributed by atoms with Crippen LogP contribution in [0, 0.1) is 34.5 Å². The van der Waals surface area contributed by atoms with Crippen LogP contribution in [0.3, 0.4) is 0 Å². The van der Waals surface area contributed by atoms with Crippen molar-refractivity contribution in [3.8, 4) is 6.07 Å². The average Bonchev–Trinajstić information content (AvgIpc) is 2.76. The van der Waals surface area contributed by atoms with Crippen molar-refractivity contribution in [3.05, 3.63) is 23.9 Å². The largest absolute Gasteiger partial charge is 0.446 e. The maximum Gasteiger partial charge on any atom is 0.410 e. The fourth-order valence-electron chi connectivity index (χ4n) is 6.67. The molecule has 6 rings (SSSR count). The molecule has 5 aliphatic rings. The van der Waals surface area contributed by atoms with E-state index in [1.54, 1.807) is 23.2 Å². The summed E-state index contributed by atoms with van der Waals surface area (Å²) in [5.74, 6) is 1.50. The first-order valence-corrected chi connectivity index (χ1v) is 11.3. The zero-order valence-corrected chi connectivity index (χ0v) is 17.6. The summed E-state index contributed by atoms with van der Waals surface area (Å²) in [6, 6.07) is 5.82. The molecule has 3 N–H and O–H groups in total. The van der Waals surface area contributed by atoms with Crippen LogP contribution in [0.2, 0.25) is 0 Å². The van der Waals surface area contributed by atoms with E-state index in [2.05, 4.69) is 16.4 Å². The summed E-state index contributed by atoms with van der Waals surface area (Å²) >= 11 is 0. The molecule has 5 fully saturated rings. The lowest BCUT2D eigenvalue weighted by Gasteiger charge is -2.58. The van der Waals surface area contributed by atoms with Crippen molar-refractivity contribution >= 4 is 17.8 Å². The number of piperidine rings is 1. The number of anilines is 1. The predicted octanol–water partition coefficient (Wildman–Crippen LogP) is 2.65. The highest BCUT2D eigenvalue weighted by Gasteiger charge is 2.59. The van der Waals surface area contributed by atoms with Gasteiger partial charge in [-0.1, -0.05) is 0 Å². The molecule has 0 spiro atoms. The molecule has 1 aromatic rings. The number of nitrogens with zero attached hydrogens (tertiary/aromatic N) is 3. The van der Waals surface area contributed by atoms with E-state index >= 15 is 0 Å². The Bertz CT molecular complexity index is 904. The predicted molar refractivity (Wildman–Crippen MR) is 113 cm³/mol. The number of carbonyl (C=O) groups excluding carboxylic acids is 2. The van der Waals surface area contributed by atoms with Gasteiger partial charge in [0.1, 0.15) is 18.0 Å². The smallest absolute Gasteiger partial charge is 0.410 e. The molecule has 31 heavy (non-hydrogen) atoms. The molecule has 2 unspecified atom stereocenters. The number of pyridine rings is 1. The van der Waals surface area contributed by atoms with Gasteiger partial charge in [-0.3, -0.25) is 4.79 Å². The van der Waals surface area contributed by atoms with Crippen LogP contribution >= 0.6 is 0 Å². The Morgan fingerprint density at radius 3 is 2.58 bits per heavy atom. The number of primary amides is 1. The molecule has 0 radical (unpaired) electrons. The highest BCUT2D eigenvalue weighted by Crippen LogP contribution is 2.60. The number of amides is 2. The van der Waals surface area contributed by atoms with Gasteiger partial charge >= 0.3 is 6.09 Å². The first kappa shape index (κ1) is 20.1. The lowest BCUT2D eigenvalue weighted by Crippen LogP contribution is -2.59. The third kappa shape index (κ3) is 3.60. The minimum absolute atomic E-state index is 0.0842. The van der Waals surface area contributed by atoms with E-state index in [0.717, 1.165) is 44.9 Å². The number of likely N-dealkylation sites (tertiary alicyclic amines) is 1. The normalized spacial score (nSPS) is 34.2. The topological polar surface area (TPSA) is 121 Å². The molecule has 2 amide bonds. The molecule has 1 aromatic heterocycles. The molecule has 8 nitrogen and oxygen atoms in total. The zero-order chi connectivity index (χ0) is 21.6. The van der Waals surface area contributed by atoms with Crippen molar-refractivity contribution < 1.29 is 14.3 Å². The maximum atomic E-state index is 12.9. The molecule has 4 saturated carbocycles. The standard InChI is InChI=1S/C23H29N5O3/c24-13-15-2-1-5-26-20(15)27-18-3-6-28(7-4-18)22(30)31-19-16-8-14-9-17(19)12-23(10-14,11-16)21(25)29/h1-2,5,14,16-19H,3-4,6-12H2,(H2,25,29)(H,26,27)/t14?,16?,17?,19-,23-. The number of nitriles is 1. The number of carbonyl (C=O) groups is 2. The van der Waals surface area contributed by atoms with Crippen molar-refractivity contribution in [2.24, 2.45) is 28.9 Å². The summed E-state index contributed by atoms with van der Waals surface area (Å²) in [4.78, 5) is 31.1. The van der Waals surface area contributed by atoms with Crippen LogP contribution in [0.1, 0.15) is 50.5 Å².